The highest BCUT2D eigenvalue weighted by molar-refractivity contribution is 9.11. The Morgan fingerprint density at radius 2 is 2.05 bits per heavy atom. The summed E-state index contributed by atoms with van der Waals surface area (Å²) in [7, 11) is 0. The van der Waals surface area contributed by atoms with E-state index in [2.05, 4.69) is 41.8 Å². The number of anilines is 1. The molecule has 0 radical (unpaired) electrons. The maximum absolute atomic E-state index is 11.1. The van der Waals surface area contributed by atoms with Crippen molar-refractivity contribution in [3.63, 3.8) is 0 Å². The number of nitrogens with zero attached hydrogens (tertiary/aromatic N) is 3. The zero-order chi connectivity index (χ0) is 14.9. The topological polar surface area (TPSA) is 104 Å². The van der Waals surface area contributed by atoms with Crippen molar-refractivity contribution in [1.29, 1.82) is 0 Å². The second kappa shape index (κ2) is 5.71. The van der Waals surface area contributed by atoms with E-state index < -0.39 is 4.92 Å². The molecule has 0 saturated heterocycles. The van der Waals surface area contributed by atoms with E-state index in [9.17, 15) is 10.1 Å². The Kier molecular flexibility index (Phi) is 4.19. The highest BCUT2D eigenvalue weighted by Gasteiger charge is 2.21. The van der Waals surface area contributed by atoms with Crippen LogP contribution in [0, 0.1) is 17.0 Å². The van der Waals surface area contributed by atoms with E-state index in [1.54, 1.807) is 13.0 Å². The largest absolute Gasteiger partial charge is 0.430 e. The third kappa shape index (κ3) is 2.88. The number of aromatic nitrogens is 2. The summed E-state index contributed by atoms with van der Waals surface area (Å²) in [6, 6.07) is 3.07. The number of hydrogen-bond donors (Lipinski definition) is 1. The van der Waals surface area contributed by atoms with Crippen LogP contribution >= 0.6 is 31.9 Å². The molecule has 2 N–H and O–H groups in total. The predicted molar refractivity (Wildman–Crippen MR) is 79.8 cm³/mol. The summed E-state index contributed by atoms with van der Waals surface area (Å²) in [5.41, 5.74) is 6.04. The summed E-state index contributed by atoms with van der Waals surface area (Å²) in [5.74, 6) is 0.412. The lowest BCUT2D eigenvalue weighted by molar-refractivity contribution is -0.385. The molecule has 0 spiro atoms. The van der Waals surface area contributed by atoms with Gasteiger partial charge in [0.05, 0.1) is 4.92 Å². The van der Waals surface area contributed by atoms with Gasteiger partial charge in [-0.25, -0.2) is 9.97 Å². The Morgan fingerprint density at radius 1 is 1.35 bits per heavy atom. The number of benzene rings is 1. The van der Waals surface area contributed by atoms with E-state index in [0.717, 1.165) is 0 Å². The highest BCUT2D eigenvalue weighted by atomic mass is 79.9. The van der Waals surface area contributed by atoms with Gasteiger partial charge >= 0.3 is 5.69 Å². The van der Waals surface area contributed by atoms with Crippen LogP contribution in [0.2, 0.25) is 0 Å². The fraction of sp³-hybridized carbons (Fsp3) is 0.0909. The Labute approximate surface area is 130 Å². The summed E-state index contributed by atoms with van der Waals surface area (Å²) in [6.07, 6.45) is 1.22. The molecular weight excluding hydrogens is 396 g/mol. The number of hydrogen-bond acceptors (Lipinski definition) is 6. The highest BCUT2D eigenvalue weighted by Crippen LogP contribution is 2.39. The van der Waals surface area contributed by atoms with E-state index >= 15 is 0 Å². The van der Waals surface area contributed by atoms with Gasteiger partial charge < -0.3 is 10.5 Å². The molecule has 7 nitrogen and oxygen atoms in total. The van der Waals surface area contributed by atoms with E-state index in [0.29, 0.717) is 14.5 Å². The number of halogens is 2. The molecule has 1 heterocycles. The normalized spacial score (nSPS) is 10.3. The van der Waals surface area contributed by atoms with Crippen LogP contribution in [0.5, 0.6) is 11.6 Å². The number of nitrogen functional groups attached to an aromatic ring is 1. The Morgan fingerprint density at radius 3 is 2.70 bits per heavy atom. The maximum atomic E-state index is 11.1. The Bertz CT molecular complexity index is 694. The molecule has 0 aliphatic carbocycles. The average Bonchev–Trinajstić information content (AvgIpc) is 2.37. The van der Waals surface area contributed by atoms with Gasteiger partial charge in [-0.15, -0.1) is 0 Å². The van der Waals surface area contributed by atoms with Crippen LogP contribution < -0.4 is 10.5 Å². The summed E-state index contributed by atoms with van der Waals surface area (Å²) < 4.78 is 6.46. The van der Waals surface area contributed by atoms with Crippen LogP contribution in [-0.2, 0) is 0 Å². The van der Waals surface area contributed by atoms with Crippen molar-refractivity contribution in [3.8, 4) is 11.6 Å². The van der Waals surface area contributed by atoms with E-state index in [-0.39, 0.29) is 23.1 Å². The number of aryl methyl sites for hydroxylation is 1. The van der Waals surface area contributed by atoms with Crippen molar-refractivity contribution in [1.82, 2.24) is 9.97 Å². The number of nitro groups is 1. The van der Waals surface area contributed by atoms with Crippen molar-refractivity contribution >= 4 is 43.4 Å². The molecule has 1 aromatic carbocycles. The molecule has 0 atom stereocenters. The van der Waals surface area contributed by atoms with Gasteiger partial charge in [-0.05, 0) is 28.9 Å². The van der Waals surface area contributed by atoms with Gasteiger partial charge in [-0.2, -0.15) is 0 Å². The van der Waals surface area contributed by atoms with E-state index in [4.69, 9.17) is 10.5 Å². The second-order valence-electron chi connectivity index (χ2n) is 3.81. The van der Waals surface area contributed by atoms with Gasteiger partial charge in [-0.1, -0.05) is 15.9 Å². The predicted octanol–water partition coefficient (Wildman–Crippen LogP) is 3.59. The van der Waals surface area contributed by atoms with Gasteiger partial charge in [-0.3, -0.25) is 10.1 Å². The number of nitro benzene ring substituents is 1. The molecule has 0 aliphatic heterocycles. The van der Waals surface area contributed by atoms with Crippen molar-refractivity contribution in [2.75, 3.05) is 5.73 Å². The number of rotatable bonds is 3. The van der Waals surface area contributed by atoms with Crippen molar-refractivity contribution in [3.05, 3.63) is 43.1 Å². The Hall–Kier alpha value is -1.74. The zero-order valence-corrected chi connectivity index (χ0v) is 13.3. The first-order valence-electron chi connectivity index (χ1n) is 5.28. The first kappa shape index (κ1) is 14.7. The molecule has 0 amide bonds. The van der Waals surface area contributed by atoms with Crippen LogP contribution in [-0.4, -0.2) is 14.9 Å². The van der Waals surface area contributed by atoms with Crippen LogP contribution in [0.3, 0.4) is 0 Å². The monoisotopic (exact) mass is 402 g/mol. The molecule has 0 fully saturated rings. The maximum Gasteiger partial charge on any atom is 0.313 e. The van der Waals surface area contributed by atoms with E-state index in [1.165, 1.54) is 12.4 Å². The van der Waals surface area contributed by atoms with Crippen molar-refractivity contribution < 1.29 is 9.66 Å². The van der Waals surface area contributed by atoms with Gasteiger partial charge in [0.25, 0.3) is 0 Å². The quantitative estimate of drug-likeness (QED) is 0.620. The van der Waals surface area contributed by atoms with Crippen LogP contribution in [0.1, 0.15) is 5.56 Å². The second-order valence-corrected chi connectivity index (χ2v) is 5.52. The minimum absolute atomic E-state index is 0.108. The molecule has 0 bridgehead atoms. The van der Waals surface area contributed by atoms with Gasteiger partial charge in [0.1, 0.15) is 16.6 Å². The smallest absolute Gasteiger partial charge is 0.313 e. The number of nitrogens with two attached hydrogens (primary N) is 1. The Balaban J connectivity index is 2.53. The molecular formula is C11H8Br2N4O3. The molecule has 2 aromatic rings. The molecule has 0 aliphatic rings. The standard InChI is InChI=1S/C11H8Br2N4O3/c1-5-2-6(12)3-7(17(18)19)9(5)20-11-8(13)10(14)15-4-16-11/h2-4H,1H3,(H2,14,15,16). The summed E-state index contributed by atoms with van der Waals surface area (Å²) in [5, 5.41) is 11.1. The van der Waals surface area contributed by atoms with Crippen molar-refractivity contribution in [2.45, 2.75) is 6.92 Å². The fourth-order valence-corrected chi connectivity index (χ4v) is 2.36. The molecule has 1 aromatic heterocycles. The molecule has 0 unspecified atom stereocenters. The van der Waals surface area contributed by atoms with Crippen LogP contribution in [0.15, 0.2) is 27.4 Å². The lowest BCUT2D eigenvalue weighted by atomic mass is 10.2. The molecule has 20 heavy (non-hydrogen) atoms. The molecule has 104 valence electrons. The molecule has 0 saturated carbocycles. The molecule has 9 heteroatoms. The fourth-order valence-electron chi connectivity index (χ4n) is 1.51. The SMILES string of the molecule is Cc1cc(Br)cc([N+](=O)[O-])c1Oc1ncnc(N)c1Br. The summed E-state index contributed by atoms with van der Waals surface area (Å²) >= 11 is 6.40. The summed E-state index contributed by atoms with van der Waals surface area (Å²) in [4.78, 5) is 18.3. The zero-order valence-electron chi connectivity index (χ0n) is 10.1. The first-order chi connectivity index (χ1) is 9.40. The van der Waals surface area contributed by atoms with Crippen molar-refractivity contribution in [2.24, 2.45) is 0 Å². The van der Waals surface area contributed by atoms with E-state index in [1.807, 2.05) is 0 Å². The number of ether oxygens (including phenoxy) is 1. The molecule has 2 rings (SSSR count). The van der Waals surface area contributed by atoms with Crippen LogP contribution in [0.4, 0.5) is 11.5 Å². The average molecular weight is 404 g/mol. The minimum Gasteiger partial charge on any atom is -0.430 e. The van der Waals surface area contributed by atoms with Crippen LogP contribution in [0.25, 0.3) is 0 Å². The summed E-state index contributed by atoms with van der Waals surface area (Å²) in [6.45, 7) is 1.70. The van der Waals surface area contributed by atoms with Gasteiger partial charge in [0, 0.05) is 16.1 Å². The lowest BCUT2D eigenvalue weighted by Crippen LogP contribution is -2.00. The first-order valence-corrected chi connectivity index (χ1v) is 6.87. The van der Waals surface area contributed by atoms with Gasteiger partial charge in [0.2, 0.25) is 11.6 Å². The minimum atomic E-state index is -0.522. The lowest BCUT2D eigenvalue weighted by Gasteiger charge is -2.10. The third-order valence-corrected chi connectivity index (χ3v) is 3.60. The third-order valence-electron chi connectivity index (χ3n) is 2.40. The van der Waals surface area contributed by atoms with Gasteiger partial charge in [0.15, 0.2) is 0 Å².